The first-order valence-corrected chi connectivity index (χ1v) is 6.93. The van der Waals surface area contributed by atoms with Crippen molar-refractivity contribution in [3.63, 3.8) is 0 Å². The van der Waals surface area contributed by atoms with Gasteiger partial charge in [0.2, 0.25) is 0 Å². The lowest BCUT2D eigenvalue weighted by Gasteiger charge is -2.21. The molecule has 0 saturated carbocycles. The van der Waals surface area contributed by atoms with E-state index in [1.807, 2.05) is 0 Å². The summed E-state index contributed by atoms with van der Waals surface area (Å²) < 4.78 is 52.3. The lowest BCUT2D eigenvalue weighted by molar-refractivity contribution is 0.138. The van der Waals surface area contributed by atoms with Gasteiger partial charge in [0, 0.05) is 6.07 Å². The monoisotopic (exact) mass is 342 g/mol. The summed E-state index contributed by atoms with van der Waals surface area (Å²) in [4.78, 5) is 11.8. The van der Waals surface area contributed by atoms with E-state index >= 15 is 0 Å². The van der Waals surface area contributed by atoms with E-state index in [9.17, 15) is 27.5 Å². The number of carbonyl (C=O) groups excluding carboxylic acids is 1. The van der Waals surface area contributed by atoms with Crippen LogP contribution in [0, 0.1) is 23.3 Å². The van der Waals surface area contributed by atoms with E-state index in [2.05, 4.69) is 10.6 Å². The Morgan fingerprint density at radius 2 is 1.71 bits per heavy atom. The summed E-state index contributed by atoms with van der Waals surface area (Å²) in [7, 11) is 0. The minimum Gasteiger partial charge on any atom is -0.386 e. The number of benzene rings is 2. The van der Waals surface area contributed by atoms with Gasteiger partial charge in [-0.25, -0.2) is 22.4 Å². The number of aliphatic hydroxyl groups is 1. The third-order valence-electron chi connectivity index (χ3n) is 3.30. The second kappa shape index (κ2) is 7.31. The summed E-state index contributed by atoms with van der Waals surface area (Å²) in [5.74, 6) is -3.94. The second-order valence-corrected chi connectivity index (χ2v) is 5.13. The zero-order valence-electron chi connectivity index (χ0n) is 12.5. The third kappa shape index (κ3) is 4.23. The molecule has 0 aliphatic carbocycles. The predicted molar refractivity (Wildman–Crippen MR) is 79.3 cm³/mol. The minimum atomic E-state index is -1.32. The van der Waals surface area contributed by atoms with Crippen LogP contribution in [-0.4, -0.2) is 17.2 Å². The first-order valence-electron chi connectivity index (χ1n) is 6.93. The molecule has 2 aromatic carbocycles. The van der Waals surface area contributed by atoms with Gasteiger partial charge in [0.15, 0.2) is 11.6 Å². The van der Waals surface area contributed by atoms with Crippen LogP contribution in [0.1, 0.15) is 18.6 Å². The smallest absolute Gasteiger partial charge is 0.319 e. The highest BCUT2D eigenvalue weighted by Crippen LogP contribution is 2.20. The molecular weight excluding hydrogens is 328 g/mol. The molecule has 0 aliphatic rings. The molecule has 2 unspecified atom stereocenters. The molecule has 0 saturated heterocycles. The van der Waals surface area contributed by atoms with Crippen LogP contribution in [0.5, 0.6) is 0 Å². The van der Waals surface area contributed by atoms with Crippen LogP contribution in [0.4, 0.5) is 28.0 Å². The van der Waals surface area contributed by atoms with E-state index in [-0.39, 0.29) is 11.3 Å². The van der Waals surface area contributed by atoms with Crippen LogP contribution in [0.2, 0.25) is 0 Å². The van der Waals surface area contributed by atoms with Crippen LogP contribution in [0.15, 0.2) is 36.4 Å². The molecule has 8 heteroatoms. The van der Waals surface area contributed by atoms with Gasteiger partial charge < -0.3 is 15.7 Å². The molecule has 3 N–H and O–H groups in total. The Hall–Kier alpha value is -2.61. The predicted octanol–water partition coefficient (Wildman–Crippen LogP) is 3.49. The summed E-state index contributed by atoms with van der Waals surface area (Å²) in [5, 5.41) is 14.5. The highest BCUT2D eigenvalue weighted by Gasteiger charge is 2.20. The largest absolute Gasteiger partial charge is 0.386 e. The number of urea groups is 1. The highest BCUT2D eigenvalue weighted by molar-refractivity contribution is 5.89. The van der Waals surface area contributed by atoms with Gasteiger partial charge in [-0.3, -0.25) is 0 Å². The Morgan fingerprint density at radius 1 is 1.00 bits per heavy atom. The normalized spacial score (nSPS) is 13.2. The molecule has 128 valence electrons. The molecule has 2 atom stereocenters. The van der Waals surface area contributed by atoms with Crippen molar-refractivity contribution in [2.75, 3.05) is 5.32 Å². The number of aliphatic hydroxyl groups excluding tert-OH is 1. The number of amides is 2. The maximum Gasteiger partial charge on any atom is 0.319 e. The van der Waals surface area contributed by atoms with Gasteiger partial charge >= 0.3 is 6.03 Å². The van der Waals surface area contributed by atoms with Crippen LogP contribution in [-0.2, 0) is 0 Å². The standard InChI is InChI=1S/C16H14F4N2O2/c1-8(15(23)9-2-4-11(18)12(19)6-9)21-16(24)22-14-5-3-10(17)7-13(14)20/h2-8,15,23H,1H3,(H2,21,22,24). The van der Waals surface area contributed by atoms with Crippen LogP contribution in [0.25, 0.3) is 0 Å². The van der Waals surface area contributed by atoms with Gasteiger partial charge in [-0.2, -0.15) is 0 Å². The fraction of sp³-hybridized carbons (Fsp3) is 0.188. The summed E-state index contributed by atoms with van der Waals surface area (Å²) in [6.07, 6.45) is -1.32. The van der Waals surface area contributed by atoms with Gasteiger partial charge in [-0.1, -0.05) is 6.07 Å². The highest BCUT2D eigenvalue weighted by atomic mass is 19.2. The summed E-state index contributed by atoms with van der Waals surface area (Å²) in [6, 6.07) is 3.73. The number of halogens is 4. The van der Waals surface area contributed by atoms with Crippen molar-refractivity contribution in [2.24, 2.45) is 0 Å². The number of anilines is 1. The molecule has 0 fully saturated rings. The SMILES string of the molecule is CC(NC(=O)Nc1ccc(F)cc1F)C(O)c1ccc(F)c(F)c1. The van der Waals surface area contributed by atoms with E-state index in [0.717, 1.165) is 24.3 Å². The van der Waals surface area contributed by atoms with E-state index in [4.69, 9.17) is 0 Å². The van der Waals surface area contributed by atoms with Gasteiger partial charge in [0.1, 0.15) is 11.6 Å². The van der Waals surface area contributed by atoms with Crippen molar-refractivity contribution in [1.82, 2.24) is 5.32 Å². The first-order chi connectivity index (χ1) is 11.3. The summed E-state index contributed by atoms with van der Waals surface area (Å²) >= 11 is 0. The van der Waals surface area contributed by atoms with Crippen LogP contribution < -0.4 is 10.6 Å². The molecule has 0 aliphatic heterocycles. The van der Waals surface area contributed by atoms with Gasteiger partial charge in [0.05, 0.1) is 17.8 Å². The van der Waals surface area contributed by atoms with Crippen LogP contribution >= 0.6 is 0 Å². The van der Waals surface area contributed by atoms with E-state index in [1.54, 1.807) is 0 Å². The summed E-state index contributed by atoms with van der Waals surface area (Å²) in [5.41, 5.74) is -0.182. The molecule has 0 heterocycles. The number of carbonyl (C=O) groups is 1. The minimum absolute atomic E-state index is 0.0645. The van der Waals surface area contributed by atoms with Crippen molar-refractivity contribution < 1.29 is 27.5 Å². The molecule has 0 radical (unpaired) electrons. The molecule has 2 amide bonds. The van der Waals surface area contributed by atoms with Gasteiger partial charge in [-0.15, -0.1) is 0 Å². The second-order valence-electron chi connectivity index (χ2n) is 5.13. The number of rotatable bonds is 4. The zero-order chi connectivity index (χ0) is 17.9. The summed E-state index contributed by atoms with van der Waals surface area (Å²) in [6.45, 7) is 1.42. The van der Waals surface area contributed by atoms with E-state index in [1.165, 1.54) is 13.0 Å². The van der Waals surface area contributed by atoms with Gasteiger partial charge in [-0.05, 0) is 36.8 Å². The molecule has 2 rings (SSSR count). The first kappa shape index (κ1) is 17.7. The Kier molecular flexibility index (Phi) is 5.40. The van der Waals surface area contributed by atoms with Gasteiger partial charge in [0.25, 0.3) is 0 Å². The molecule has 0 bridgehead atoms. The molecule has 24 heavy (non-hydrogen) atoms. The molecule has 0 spiro atoms. The van der Waals surface area contributed by atoms with Crippen molar-refractivity contribution >= 4 is 11.7 Å². The molecule has 2 aromatic rings. The number of hydrogen-bond donors (Lipinski definition) is 3. The Balaban J connectivity index is 2.01. The Labute approximate surface area is 135 Å². The average Bonchev–Trinajstić information content (AvgIpc) is 2.52. The van der Waals surface area contributed by atoms with Crippen LogP contribution in [0.3, 0.4) is 0 Å². The lowest BCUT2D eigenvalue weighted by Crippen LogP contribution is -2.40. The number of hydrogen-bond acceptors (Lipinski definition) is 2. The molecule has 0 aromatic heterocycles. The quantitative estimate of drug-likeness (QED) is 0.745. The maximum atomic E-state index is 13.4. The van der Waals surface area contributed by atoms with Crippen molar-refractivity contribution in [1.29, 1.82) is 0 Å². The topological polar surface area (TPSA) is 61.4 Å². The molecular formula is C16H14F4N2O2. The maximum absolute atomic E-state index is 13.4. The molecule has 4 nitrogen and oxygen atoms in total. The number of nitrogens with one attached hydrogen (secondary N) is 2. The Morgan fingerprint density at radius 3 is 2.33 bits per heavy atom. The zero-order valence-corrected chi connectivity index (χ0v) is 12.5. The third-order valence-corrected chi connectivity index (χ3v) is 3.30. The Bertz CT molecular complexity index is 755. The lowest BCUT2D eigenvalue weighted by atomic mass is 10.0. The van der Waals surface area contributed by atoms with E-state index < -0.39 is 41.4 Å². The van der Waals surface area contributed by atoms with Crippen molar-refractivity contribution in [3.8, 4) is 0 Å². The van der Waals surface area contributed by atoms with E-state index in [0.29, 0.717) is 6.07 Å². The average molecular weight is 342 g/mol. The van der Waals surface area contributed by atoms with Crippen molar-refractivity contribution in [2.45, 2.75) is 19.1 Å². The fourth-order valence-corrected chi connectivity index (χ4v) is 2.02. The van der Waals surface area contributed by atoms with Crippen molar-refractivity contribution in [3.05, 3.63) is 65.2 Å². The fourth-order valence-electron chi connectivity index (χ4n) is 2.02.